The SMILES string of the molecule is C=CCCCC(=O)NC[C@]12C[C@@H](C(=O)Nc3nc(Br)ccc3C)N[C@@]1(OC(=O)C(F)(F)F)C2. The average Bonchev–Trinajstić information content (AvgIpc) is 3.22. The topological polar surface area (TPSA) is 109 Å². The van der Waals surface area contributed by atoms with Crippen molar-refractivity contribution in [3.8, 4) is 0 Å². The van der Waals surface area contributed by atoms with E-state index in [4.69, 9.17) is 4.74 Å². The highest BCUT2D eigenvalue weighted by molar-refractivity contribution is 9.10. The summed E-state index contributed by atoms with van der Waals surface area (Å²) in [5.41, 5.74) is -2.02. The molecule has 2 fully saturated rings. The van der Waals surface area contributed by atoms with Gasteiger partial charge >= 0.3 is 12.1 Å². The molecular formula is C21H24BrF3N4O4. The first-order valence-corrected chi connectivity index (χ1v) is 11.1. The Morgan fingerprint density at radius 3 is 2.79 bits per heavy atom. The average molecular weight is 533 g/mol. The molecule has 0 radical (unpaired) electrons. The van der Waals surface area contributed by atoms with Crippen molar-refractivity contribution >= 4 is 39.5 Å². The number of nitrogens with one attached hydrogen (secondary N) is 3. The number of unbranched alkanes of at least 4 members (excludes halogenated alkanes) is 1. The molecule has 180 valence electrons. The number of carbonyl (C=O) groups excluding carboxylic acids is 3. The summed E-state index contributed by atoms with van der Waals surface area (Å²) in [6.07, 6.45) is -1.92. The smallest absolute Gasteiger partial charge is 0.437 e. The molecule has 0 unspecified atom stereocenters. The lowest BCUT2D eigenvalue weighted by atomic mass is 9.98. The molecule has 2 aliphatic rings. The molecule has 1 aliphatic carbocycles. The lowest BCUT2D eigenvalue weighted by Gasteiger charge is -2.21. The highest BCUT2D eigenvalue weighted by Gasteiger charge is 2.77. The van der Waals surface area contributed by atoms with E-state index in [9.17, 15) is 27.6 Å². The summed E-state index contributed by atoms with van der Waals surface area (Å²) in [7, 11) is 0. The lowest BCUT2D eigenvalue weighted by molar-refractivity contribution is -0.209. The molecule has 2 amide bonds. The zero-order valence-corrected chi connectivity index (χ0v) is 19.4. The maximum atomic E-state index is 12.9. The Kier molecular flexibility index (Phi) is 7.18. The van der Waals surface area contributed by atoms with Gasteiger partial charge in [0, 0.05) is 24.8 Å². The van der Waals surface area contributed by atoms with Crippen LogP contribution in [0, 0.1) is 12.3 Å². The monoisotopic (exact) mass is 532 g/mol. The van der Waals surface area contributed by atoms with Gasteiger partial charge in [-0.05, 0) is 53.7 Å². The van der Waals surface area contributed by atoms with Crippen LogP contribution in [0.1, 0.15) is 37.7 Å². The molecule has 0 aromatic carbocycles. The number of pyridine rings is 1. The number of fused-ring (bicyclic) bond motifs is 1. The van der Waals surface area contributed by atoms with E-state index in [0.29, 0.717) is 28.8 Å². The summed E-state index contributed by atoms with van der Waals surface area (Å²) < 4.78 is 43.9. The predicted octanol–water partition coefficient (Wildman–Crippen LogP) is 3.12. The Hall–Kier alpha value is -2.47. The number of allylic oxidation sites excluding steroid dienone is 1. The number of aryl methyl sites for hydroxylation is 1. The highest BCUT2D eigenvalue weighted by Crippen LogP contribution is 2.64. The second-order valence-corrected chi connectivity index (χ2v) is 9.13. The fourth-order valence-electron chi connectivity index (χ4n) is 4.02. The second-order valence-electron chi connectivity index (χ2n) is 8.32. The number of amides is 2. The lowest BCUT2D eigenvalue weighted by Crippen LogP contribution is -2.47. The van der Waals surface area contributed by atoms with Crippen LogP contribution in [0.3, 0.4) is 0 Å². The fourth-order valence-corrected chi connectivity index (χ4v) is 4.33. The molecule has 0 spiro atoms. The number of nitrogens with zero attached hydrogens (tertiary/aromatic N) is 1. The van der Waals surface area contributed by atoms with Crippen LogP contribution in [0.5, 0.6) is 0 Å². The first-order chi connectivity index (χ1) is 15.4. The Labute approximate surface area is 196 Å². The number of carbonyl (C=O) groups is 3. The number of alkyl halides is 3. The number of piperidine rings is 1. The fraction of sp³-hybridized carbons (Fsp3) is 0.524. The minimum atomic E-state index is -5.18. The van der Waals surface area contributed by atoms with Crippen LogP contribution < -0.4 is 16.0 Å². The number of aromatic nitrogens is 1. The van der Waals surface area contributed by atoms with Crippen molar-refractivity contribution in [3.63, 3.8) is 0 Å². The maximum absolute atomic E-state index is 12.9. The number of ether oxygens (including phenoxy) is 1. The van der Waals surface area contributed by atoms with Crippen molar-refractivity contribution in [1.29, 1.82) is 0 Å². The molecule has 3 atom stereocenters. The summed E-state index contributed by atoms with van der Waals surface area (Å²) >= 11 is 3.22. The molecule has 1 aliphatic heterocycles. The van der Waals surface area contributed by atoms with Gasteiger partial charge in [0.1, 0.15) is 10.4 Å². The van der Waals surface area contributed by atoms with Gasteiger partial charge in [0.2, 0.25) is 11.8 Å². The molecule has 0 bridgehead atoms. The molecule has 2 heterocycles. The standard InChI is InChI=1S/C21H24BrF3N4O4/c1-3-4-5-6-15(30)26-11-19-9-13(17(31)28-16-12(2)7-8-14(22)27-16)29-20(19,10-19)33-18(32)21(23,24)25/h3,7-8,13,29H,1,4-6,9-11H2,2H3,(H,26,30)(H,27,28,31)/t13-,19+,20+/m0/s1. The van der Waals surface area contributed by atoms with Crippen LogP contribution in [-0.4, -0.2) is 47.3 Å². The van der Waals surface area contributed by atoms with Gasteiger partial charge in [-0.15, -0.1) is 6.58 Å². The van der Waals surface area contributed by atoms with E-state index in [1.807, 2.05) is 0 Å². The molecule has 3 rings (SSSR count). The number of hydrogen-bond donors (Lipinski definition) is 3. The maximum Gasteiger partial charge on any atom is 0.490 e. The number of hydrogen-bond acceptors (Lipinski definition) is 6. The largest absolute Gasteiger partial charge is 0.490 e. The minimum absolute atomic E-state index is 0.0317. The predicted molar refractivity (Wildman–Crippen MR) is 116 cm³/mol. The summed E-state index contributed by atoms with van der Waals surface area (Å²) in [5.74, 6) is -2.87. The number of halogens is 4. The van der Waals surface area contributed by atoms with Gasteiger partial charge in [-0.25, -0.2) is 9.78 Å². The van der Waals surface area contributed by atoms with E-state index in [-0.39, 0.29) is 31.7 Å². The Balaban J connectivity index is 1.72. The van der Waals surface area contributed by atoms with E-state index in [0.717, 1.165) is 0 Å². The minimum Gasteiger partial charge on any atom is -0.437 e. The zero-order chi connectivity index (χ0) is 24.4. The van der Waals surface area contributed by atoms with Gasteiger partial charge in [0.05, 0.1) is 6.04 Å². The van der Waals surface area contributed by atoms with E-state index >= 15 is 0 Å². The quantitative estimate of drug-likeness (QED) is 0.195. The van der Waals surface area contributed by atoms with E-state index in [1.165, 1.54) is 0 Å². The summed E-state index contributed by atoms with van der Waals surface area (Å²) in [4.78, 5) is 40.7. The van der Waals surface area contributed by atoms with Crippen molar-refractivity contribution in [2.24, 2.45) is 5.41 Å². The van der Waals surface area contributed by atoms with E-state index in [1.54, 1.807) is 25.1 Å². The third-order valence-electron chi connectivity index (χ3n) is 5.88. The molecule has 33 heavy (non-hydrogen) atoms. The van der Waals surface area contributed by atoms with Crippen molar-refractivity contribution in [1.82, 2.24) is 15.6 Å². The molecular weight excluding hydrogens is 509 g/mol. The van der Waals surface area contributed by atoms with Crippen molar-refractivity contribution in [2.45, 2.75) is 57.0 Å². The summed E-state index contributed by atoms with van der Waals surface area (Å²) in [6.45, 7) is 5.29. The van der Waals surface area contributed by atoms with Crippen LogP contribution in [0.25, 0.3) is 0 Å². The van der Waals surface area contributed by atoms with Crippen LogP contribution >= 0.6 is 15.9 Å². The zero-order valence-electron chi connectivity index (χ0n) is 17.9. The van der Waals surface area contributed by atoms with Gasteiger partial charge in [-0.1, -0.05) is 12.1 Å². The first kappa shape index (κ1) is 25.2. The van der Waals surface area contributed by atoms with Crippen LogP contribution in [0.2, 0.25) is 0 Å². The van der Waals surface area contributed by atoms with Gasteiger partial charge in [-0.2, -0.15) is 13.2 Å². The molecule has 1 aromatic rings. The van der Waals surface area contributed by atoms with Gasteiger partial charge in [0.15, 0.2) is 5.72 Å². The van der Waals surface area contributed by atoms with E-state index in [2.05, 4.69) is 43.4 Å². The van der Waals surface area contributed by atoms with Crippen LogP contribution in [0.15, 0.2) is 29.4 Å². The van der Waals surface area contributed by atoms with Crippen LogP contribution in [0.4, 0.5) is 19.0 Å². The number of rotatable bonds is 9. The molecule has 1 aromatic heterocycles. The van der Waals surface area contributed by atoms with Crippen LogP contribution in [-0.2, 0) is 19.1 Å². The third-order valence-corrected chi connectivity index (χ3v) is 6.32. The molecule has 1 saturated carbocycles. The van der Waals surface area contributed by atoms with Crippen molar-refractivity contribution < 1.29 is 32.3 Å². The second kappa shape index (κ2) is 9.41. The van der Waals surface area contributed by atoms with Gasteiger partial charge < -0.3 is 15.4 Å². The normalized spacial score (nSPS) is 25.7. The summed E-state index contributed by atoms with van der Waals surface area (Å²) in [6, 6.07) is 2.49. The first-order valence-electron chi connectivity index (χ1n) is 10.3. The van der Waals surface area contributed by atoms with Crippen molar-refractivity contribution in [2.75, 3.05) is 11.9 Å². The molecule has 8 nitrogen and oxygen atoms in total. The van der Waals surface area contributed by atoms with Gasteiger partial charge in [-0.3, -0.25) is 14.9 Å². The Morgan fingerprint density at radius 2 is 2.12 bits per heavy atom. The number of anilines is 1. The van der Waals surface area contributed by atoms with E-state index < -0.39 is 35.2 Å². The van der Waals surface area contributed by atoms with Crippen molar-refractivity contribution in [3.05, 3.63) is 35.0 Å². The molecule has 12 heteroatoms. The third kappa shape index (κ3) is 5.55. The van der Waals surface area contributed by atoms with Gasteiger partial charge in [0.25, 0.3) is 0 Å². The summed E-state index contributed by atoms with van der Waals surface area (Å²) in [5, 5.41) is 8.10. The Morgan fingerprint density at radius 1 is 1.39 bits per heavy atom. The number of esters is 1. The molecule has 1 saturated heterocycles. The highest BCUT2D eigenvalue weighted by atomic mass is 79.9. The molecule has 3 N–H and O–H groups in total. The Bertz CT molecular complexity index is 973.